The fraction of sp³-hybridized carbons (Fsp3) is 0.333. The number of hydrogen-bond acceptors (Lipinski definition) is 4. The van der Waals surface area contributed by atoms with Crippen LogP contribution in [-0.2, 0) is 4.74 Å². The van der Waals surface area contributed by atoms with Gasteiger partial charge in [0.15, 0.2) is 0 Å². The molecular weight excluding hydrogens is 236 g/mol. The number of amides is 2. The van der Waals surface area contributed by atoms with Crippen molar-refractivity contribution in [3.8, 4) is 5.75 Å². The van der Waals surface area contributed by atoms with E-state index in [0.29, 0.717) is 5.75 Å². The quantitative estimate of drug-likeness (QED) is 0.752. The normalized spacial score (nSPS) is 10.7. The highest BCUT2D eigenvalue weighted by atomic mass is 16.6. The van der Waals surface area contributed by atoms with Crippen LogP contribution in [0.25, 0.3) is 0 Å². The highest BCUT2D eigenvalue weighted by molar-refractivity contribution is 5.74. The van der Waals surface area contributed by atoms with Crippen molar-refractivity contribution in [2.75, 3.05) is 0 Å². The zero-order valence-electron chi connectivity index (χ0n) is 10.4. The topological polar surface area (TPSA) is 77.3 Å². The molecule has 0 atom stereocenters. The van der Waals surface area contributed by atoms with Crippen molar-refractivity contribution in [3.63, 3.8) is 0 Å². The average molecular weight is 250 g/mol. The molecule has 0 bridgehead atoms. The molecule has 18 heavy (non-hydrogen) atoms. The van der Waals surface area contributed by atoms with Crippen LogP contribution in [0, 0.1) is 6.92 Å². The molecule has 0 saturated heterocycles. The molecular formula is C12H14N2O4. The SMILES string of the molecule is Cc1cccc(OC(=O)N=NC(=O)OC(C)C)c1. The number of rotatable bonds is 2. The second kappa shape index (κ2) is 6.48. The molecule has 0 heterocycles. The van der Waals surface area contributed by atoms with Crippen molar-refractivity contribution >= 4 is 12.2 Å². The van der Waals surface area contributed by atoms with E-state index < -0.39 is 12.2 Å². The van der Waals surface area contributed by atoms with Gasteiger partial charge in [-0.2, -0.15) is 0 Å². The van der Waals surface area contributed by atoms with Crippen LogP contribution in [0.1, 0.15) is 19.4 Å². The summed E-state index contributed by atoms with van der Waals surface area (Å²) in [7, 11) is 0. The highest BCUT2D eigenvalue weighted by Crippen LogP contribution is 2.13. The number of carbonyl (C=O) groups is 2. The van der Waals surface area contributed by atoms with E-state index in [9.17, 15) is 9.59 Å². The van der Waals surface area contributed by atoms with E-state index in [-0.39, 0.29) is 6.10 Å². The standard InChI is InChI=1S/C12H14N2O4/c1-8(2)17-11(15)13-14-12(16)18-10-6-4-5-9(3)7-10/h4-8H,1-3H3. The zero-order chi connectivity index (χ0) is 13.5. The molecule has 0 radical (unpaired) electrons. The number of azo groups is 1. The van der Waals surface area contributed by atoms with Crippen LogP contribution in [0.4, 0.5) is 9.59 Å². The smallest absolute Gasteiger partial charge is 0.444 e. The van der Waals surface area contributed by atoms with Gasteiger partial charge >= 0.3 is 12.2 Å². The molecule has 2 amide bonds. The van der Waals surface area contributed by atoms with Crippen LogP contribution < -0.4 is 4.74 Å². The van der Waals surface area contributed by atoms with Crippen molar-refractivity contribution in [1.82, 2.24) is 0 Å². The lowest BCUT2D eigenvalue weighted by Gasteiger charge is -2.02. The van der Waals surface area contributed by atoms with Crippen LogP contribution in [0.15, 0.2) is 34.5 Å². The molecule has 96 valence electrons. The summed E-state index contributed by atoms with van der Waals surface area (Å²) in [5, 5.41) is 6.16. The number of aryl methyl sites for hydroxylation is 1. The number of benzene rings is 1. The maximum atomic E-state index is 11.2. The summed E-state index contributed by atoms with van der Waals surface area (Å²) >= 11 is 0. The predicted octanol–water partition coefficient (Wildman–Crippen LogP) is 3.49. The molecule has 0 N–H and O–H groups in total. The van der Waals surface area contributed by atoms with E-state index in [0.717, 1.165) is 5.56 Å². The van der Waals surface area contributed by atoms with E-state index in [4.69, 9.17) is 4.74 Å². The summed E-state index contributed by atoms with van der Waals surface area (Å²) in [5.41, 5.74) is 0.941. The minimum absolute atomic E-state index is 0.316. The van der Waals surface area contributed by atoms with Gasteiger partial charge in [0.05, 0.1) is 6.10 Å². The third-order valence-electron chi connectivity index (χ3n) is 1.74. The van der Waals surface area contributed by atoms with E-state index >= 15 is 0 Å². The first-order chi connectivity index (χ1) is 8.47. The lowest BCUT2D eigenvalue weighted by Crippen LogP contribution is -2.08. The first-order valence-electron chi connectivity index (χ1n) is 5.38. The molecule has 0 spiro atoms. The van der Waals surface area contributed by atoms with Crippen molar-refractivity contribution in [1.29, 1.82) is 0 Å². The van der Waals surface area contributed by atoms with Gasteiger partial charge in [-0.1, -0.05) is 22.4 Å². The molecule has 0 aliphatic carbocycles. The molecule has 0 unspecified atom stereocenters. The molecule has 6 heteroatoms. The summed E-state index contributed by atoms with van der Waals surface area (Å²) < 4.78 is 9.51. The van der Waals surface area contributed by atoms with Crippen molar-refractivity contribution in [2.45, 2.75) is 26.9 Å². The van der Waals surface area contributed by atoms with E-state index in [1.165, 1.54) is 0 Å². The molecule has 0 aliphatic heterocycles. The summed E-state index contributed by atoms with van der Waals surface area (Å²) in [6.45, 7) is 5.19. The second-order valence-electron chi connectivity index (χ2n) is 3.82. The highest BCUT2D eigenvalue weighted by Gasteiger charge is 2.06. The number of ether oxygens (including phenoxy) is 2. The van der Waals surface area contributed by atoms with Crippen LogP contribution >= 0.6 is 0 Å². The van der Waals surface area contributed by atoms with Crippen molar-refractivity contribution in [3.05, 3.63) is 29.8 Å². The molecule has 6 nitrogen and oxygen atoms in total. The lowest BCUT2D eigenvalue weighted by atomic mass is 10.2. The molecule has 1 aromatic carbocycles. The first kappa shape index (κ1) is 13.8. The summed E-state index contributed by atoms with van der Waals surface area (Å²) in [6, 6.07) is 6.87. The van der Waals surface area contributed by atoms with E-state index in [1.54, 1.807) is 32.0 Å². The first-order valence-corrected chi connectivity index (χ1v) is 5.38. The predicted molar refractivity (Wildman–Crippen MR) is 63.7 cm³/mol. The van der Waals surface area contributed by atoms with Gasteiger partial charge in [0.25, 0.3) is 0 Å². The average Bonchev–Trinajstić information content (AvgIpc) is 2.25. The lowest BCUT2D eigenvalue weighted by molar-refractivity contribution is 0.123. The minimum atomic E-state index is -0.971. The Morgan fingerprint density at radius 2 is 1.83 bits per heavy atom. The van der Waals surface area contributed by atoms with Gasteiger partial charge in [-0.15, -0.1) is 0 Å². The molecule has 1 rings (SSSR count). The van der Waals surface area contributed by atoms with E-state index in [2.05, 4.69) is 15.0 Å². The van der Waals surface area contributed by atoms with E-state index in [1.807, 2.05) is 13.0 Å². The van der Waals surface area contributed by atoms with Gasteiger partial charge in [0, 0.05) is 0 Å². The minimum Gasteiger partial charge on any atom is -0.444 e. The largest absolute Gasteiger partial charge is 0.458 e. The van der Waals surface area contributed by atoms with Crippen molar-refractivity contribution in [2.24, 2.45) is 10.2 Å². The summed E-state index contributed by atoms with van der Waals surface area (Å²) in [6.07, 6.45) is -2.21. The Hall–Kier alpha value is -2.24. The maximum Gasteiger partial charge on any atom is 0.458 e. The summed E-state index contributed by atoms with van der Waals surface area (Å²) in [5.74, 6) is 0.344. The third kappa shape index (κ3) is 5.20. The van der Waals surface area contributed by atoms with Gasteiger partial charge in [-0.25, -0.2) is 9.59 Å². The summed E-state index contributed by atoms with van der Waals surface area (Å²) in [4.78, 5) is 22.2. The number of nitrogens with zero attached hydrogens (tertiary/aromatic N) is 2. The monoisotopic (exact) mass is 250 g/mol. The zero-order valence-corrected chi connectivity index (χ0v) is 10.4. The Kier molecular flexibility index (Phi) is 4.98. The fourth-order valence-corrected chi connectivity index (χ4v) is 1.11. The van der Waals surface area contributed by atoms with Gasteiger partial charge in [0.1, 0.15) is 5.75 Å². The fourth-order valence-electron chi connectivity index (χ4n) is 1.11. The van der Waals surface area contributed by atoms with Crippen LogP contribution in [-0.4, -0.2) is 18.3 Å². The Morgan fingerprint density at radius 1 is 1.17 bits per heavy atom. The molecule has 0 fully saturated rings. The van der Waals surface area contributed by atoms with Crippen LogP contribution in [0.2, 0.25) is 0 Å². The Bertz CT molecular complexity index is 469. The molecule has 0 aromatic heterocycles. The number of carbonyl (C=O) groups excluding carboxylic acids is 2. The number of hydrogen-bond donors (Lipinski definition) is 0. The van der Waals surface area contributed by atoms with Crippen molar-refractivity contribution < 1.29 is 19.1 Å². The molecule has 0 saturated carbocycles. The van der Waals surface area contributed by atoms with Crippen LogP contribution in [0.5, 0.6) is 5.75 Å². The third-order valence-corrected chi connectivity index (χ3v) is 1.74. The van der Waals surface area contributed by atoms with Gasteiger partial charge in [-0.05, 0) is 38.5 Å². The molecule has 1 aromatic rings. The Labute approximate surface area is 105 Å². The van der Waals surface area contributed by atoms with Crippen LogP contribution in [0.3, 0.4) is 0 Å². The maximum absolute atomic E-state index is 11.2. The second-order valence-corrected chi connectivity index (χ2v) is 3.82. The van der Waals surface area contributed by atoms with Gasteiger partial charge < -0.3 is 9.47 Å². The van der Waals surface area contributed by atoms with Gasteiger partial charge in [0.2, 0.25) is 0 Å². The van der Waals surface area contributed by atoms with Gasteiger partial charge in [-0.3, -0.25) is 0 Å². The Balaban J connectivity index is 2.51. The molecule has 0 aliphatic rings. The Morgan fingerprint density at radius 3 is 2.44 bits per heavy atom.